The first kappa shape index (κ1) is 13.9. The number of rotatable bonds is 4. The lowest BCUT2D eigenvalue weighted by Crippen LogP contribution is -2.03. The molecule has 0 spiro atoms. The van der Waals surface area contributed by atoms with Gasteiger partial charge in [-0.15, -0.1) is 0 Å². The Labute approximate surface area is 130 Å². The zero-order valence-electron chi connectivity index (χ0n) is 11.7. The topological polar surface area (TPSA) is 49.2 Å². The van der Waals surface area contributed by atoms with E-state index in [1.54, 1.807) is 20.4 Å². The Hall–Kier alpha value is -2.08. The molecule has 0 atom stereocenters. The maximum absolute atomic E-state index is 5.34. The summed E-state index contributed by atoms with van der Waals surface area (Å²) in [5.41, 5.74) is 2.01. The number of hydrogen-bond donors (Lipinski definition) is 0. The fraction of sp³-hybridized carbons (Fsp3) is 0.200. The van der Waals surface area contributed by atoms with E-state index in [9.17, 15) is 0 Å². The van der Waals surface area contributed by atoms with Crippen LogP contribution < -0.4 is 9.47 Å². The van der Waals surface area contributed by atoms with E-state index >= 15 is 0 Å². The van der Waals surface area contributed by atoms with Crippen LogP contribution in [0.2, 0.25) is 0 Å². The quantitative estimate of drug-likeness (QED) is 0.726. The number of nitrogens with zero attached hydrogens (tertiary/aromatic N) is 3. The van der Waals surface area contributed by atoms with Crippen LogP contribution in [-0.2, 0) is 6.54 Å². The van der Waals surface area contributed by atoms with E-state index in [0.29, 0.717) is 12.4 Å². The summed E-state index contributed by atoms with van der Waals surface area (Å²) in [7, 11) is 3.27. The molecule has 0 saturated heterocycles. The van der Waals surface area contributed by atoms with Crippen molar-refractivity contribution in [1.82, 2.24) is 14.8 Å². The summed E-state index contributed by atoms with van der Waals surface area (Å²) in [5.74, 6) is 1.41. The molecule has 0 radical (unpaired) electrons. The molecule has 0 aliphatic carbocycles. The van der Waals surface area contributed by atoms with E-state index in [1.807, 2.05) is 35.1 Å². The van der Waals surface area contributed by atoms with Gasteiger partial charge in [0.15, 0.2) is 0 Å². The molecule has 0 fully saturated rings. The summed E-state index contributed by atoms with van der Waals surface area (Å²) in [6.45, 7) is 0.641. The van der Waals surface area contributed by atoms with Crippen LogP contribution in [0.1, 0.15) is 5.56 Å². The minimum atomic E-state index is 0.569. The maximum Gasteiger partial charge on any atom is 0.240 e. The van der Waals surface area contributed by atoms with Crippen LogP contribution in [0, 0.1) is 0 Å². The molecule has 0 saturated carbocycles. The number of halogens is 1. The first-order valence-electron chi connectivity index (χ1n) is 6.40. The smallest absolute Gasteiger partial charge is 0.240 e. The first-order valence-corrected chi connectivity index (χ1v) is 7.19. The van der Waals surface area contributed by atoms with Crippen molar-refractivity contribution in [3.05, 3.63) is 46.7 Å². The lowest BCUT2D eigenvalue weighted by molar-refractivity contribution is 0.400. The molecule has 108 valence electrons. The number of hydrogen-bond acceptors (Lipinski definition) is 4. The fourth-order valence-electron chi connectivity index (χ4n) is 2.20. The summed E-state index contributed by atoms with van der Waals surface area (Å²) < 4.78 is 13.3. The van der Waals surface area contributed by atoms with Gasteiger partial charge in [-0.05, 0) is 33.6 Å². The number of methoxy groups -OCH3 is 2. The molecular weight excluding hydrogens is 334 g/mol. The molecule has 5 nitrogen and oxygen atoms in total. The van der Waals surface area contributed by atoms with Gasteiger partial charge < -0.3 is 9.47 Å². The third-order valence-corrected chi connectivity index (χ3v) is 3.91. The Morgan fingerprint density at radius 2 is 1.86 bits per heavy atom. The molecule has 0 N–H and O–H groups in total. The molecule has 0 amide bonds. The molecule has 0 aliphatic rings. The van der Waals surface area contributed by atoms with E-state index in [2.05, 4.69) is 26.0 Å². The Balaban J connectivity index is 2.02. The van der Waals surface area contributed by atoms with Crippen molar-refractivity contribution in [2.45, 2.75) is 6.54 Å². The van der Waals surface area contributed by atoms with Gasteiger partial charge in [0.05, 0.1) is 27.0 Å². The highest BCUT2D eigenvalue weighted by molar-refractivity contribution is 9.10. The molecule has 2 aromatic heterocycles. The lowest BCUT2D eigenvalue weighted by atomic mass is 10.2. The lowest BCUT2D eigenvalue weighted by Gasteiger charge is -2.08. The largest absolute Gasteiger partial charge is 0.497 e. The third kappa shape index (κ3) is 2.58. The van der Waals surface area contributed by atoms with Crippen LogP contribution >= 0.6 is 15.9 Å². The highest BCUT2D eigenvalue weighted by Crippen LogP contribution is 2.29. The Bertz CT molecular complexity index is 768. The van der Waals surface area contributed by atoms with Crippen LogP contribution in [-0.4, -0.2) is 29.0 Å². The van der Waals surface area contributed by atoms with Gasteiger partial charge in [0.1, 0.15) is 11.3 Å². The van der Waals surface area contributed by atoms with E-state index in [1.165, 1.54) is 0 Å². The van der Waals surface area contributed by atoms with Crippen molar-refractivity contribution < 1.29 is 9.47 Å². The van der Waals surface area contributed by atoms with Crippen LogP contribution in [0.3, 0.4) is 0 Å². The molecule has 6 heteroatoms. The van der Waals surface area contributed by atoms with Gasteiger partial charge >= 0.3 is 0 Å². The molecule has 21 heavy (non-hydrogen) atoms. The zero-order chi connectivity index (χ0) is 14.8. The second-order valence-electron chi connectivity index (χ2n) is 4.53. The van der Waals surface area contributed by atoms with E-state index in [-0.39, 0.29) is 0 Å². The summed E-state index contributed by atoms with van der Waals surface area (Å²) in [5, 5.41) is 5.42. The standard InChI is InChI=1S/C15H14BrN3O2/c1-20-11-5-3-10(4-6-11)9-19-14-12(7-18-19)13(16)8-17-15(14)21-2/h3-8H,9H2,1-2H3. The van der Waals surface area contributed by atoms with E-state index in [0.717, 1.165) is 26.7 Å². The third-order valence-electron chi connectivity index (χ3n) is 3.28. The molecule has 0 unspecified atom stereocenters. The summed E-state index contributed by atoms with van der Waals surface area (Å²) >= 11 is 3.49. The van der Waals surface area contributed by atoms with Crippen molar-refractivity contribution in [2.75, 3.05) is 14.2 Å². The van der Waals surface area contributed by atoms with Crippen molar-refractivity contribution in [3.63, 3.8) is 0 Å². The molecule has 3 rings (SSSR count). The van der Waals surface area contributed by atoms with Crippen molar-refractivity contribution in [2.24, 2.45) is 0 Å². The molecular formula is C15H14BrN3O2. The van der Waals surface area contributed by atoms with Gasteiger partial charge in [0.2, 0.25) is 5.88 Å². The van der Waals surface area contributed by atoms with Crippen LogP contribution in [0.4, 0.5) is 0 Å². The first-order chi connectivity index (χ1) is 10.2. The van der Waals surface area contributed by atoms with Crippen LogP contribution in [0.5, 0.6) is 11.6 Å². The van der Waals surface area contributed by atoms with Crippen LogP contribution in [0.25, 0.3) is 10.9 Å². The van der Waals surface area contributed by atoms with E-state index in [4.69, 9.17) is 9.47 Å². The monoisotopic (exact) mass is 347 g/mol. The number of benzene rings is 1. The average Bonchev–Trinajstić information content (AvgIpc) is 2.94. The van der Waals surface area contributed by atoms with Gasteiger partial charge in [0.25, 0.3) is 0 Å². The predicted molar refractivity (Wildman–Crippen MR) is 83.9 cm³/mol. The van der Waals surface area contributed by atoms with E-state index < -0.39 is 0 Å². The Morgan fingerprint density at radius 1 is 1.10 bits per heavy atom. The van der Waals surface area contributed by atoms with Gasteiger partial charge in [-0.2, -0.15) is 5.10 Å². The molecule has 0 bridgehead atoms. The molecule has 0 aliphatic heterocycles. The van der Waals surface area contributed by atoms with Gasteiger partial charge in [-0.3, -0.25) is 4.68 Å². The van der Waals surface area contributed by atoms with Crippen molar-refractivity contribution in [3.8, 4) is 11.6 Å². The molecule has 3 aromatic rings. The minimum absolute atomic E-state index is 0.569. The highest BCUT2D eigenvalue weighted by atomic mass is 79.9. The fourth-order valence-corrected chi connectivity index (χ4v) is 2.60. The Morgan fingerprint density at radius 3 is 2.52 bits per heavy atom. The van der Waals surface area contributed by atoms with Gasteiger partial charge in [-0.1, -0.05) is 12.1 Å². The number of aromatic nitrogens is 3. The number of ether oxygens (including phenoxy) is 2. The summed E-state index contributed by atoms with van der Waals surface area (Å²) in [6.07, 6.45) is 3.54. The van der Waals surface area contributed by atoms with Crippen molar-refractivity contribution >= 4 is 26.8 Å². The molecule has 2 heterocycles. The summed E-state index contributed by atoms with van der Waals surface area (Å²) in [4.78, 5) is 4.28. The second kappa shape index (κ2) is 5.73. The number of pyridine rings is 1. The van der Waals surface area contributed by atoms with Crippen molar-refractivity contribution in [1.29, 1.82) is 0 Å². The summed E-state index contributed by atoms with van der Waals surface area (Å²) in [6, 6.07) is 7.91. The van der Waals surface area contributed by atoms with Gasteiger partial charge in [-0.25, -0.2) is 4.98 Å². The molecule has 1 aromatic carbocycles. The van der Waals surface area contributed by atoms with Gasteiger partial charge in [0, 0.05) is 16.1 Å². The second-order valence-corrected chi connectivity index (χ2v) is 5.38. The SMILES string of the molecule is COc1ccc(Cn2ncc3c(Br)cnc(OC)c32)cc1. The average molecular weight is 348 g/mol. The number of fused-ring (bicyclic) bond motifs is 1. The van der Waals surface area contributed by atoms with Crippen LogP contribution in [0.15, 0.2) is 41.1 Å². The zero-order valence-corrected chi connectivity index (χ0v) is 13.3. The highest BCUT2D eigenvalue weighted by Gasteiger charge is 2.13. The Kier molecular flexibility index (Phi) is 3.79. The normalized spacial score (nSPS) is 10.8. The minimum Gasteiger partial charge on any atom is -0.497 e. The predicted octanol–water partition coefficient (Wildman–Crippen LogP) is 3.26. The maximum atomic E-state index is 5.34.